The molecule has 0 saturated heterocycles. The summed E-state index contributed by atoms with van der Waals surface area (Å²) in [5.74, 6) is 1.76. The van der Waals surface area contributed by atoms with Gasteiger partial charge in [-0.1, -0.05) is 65.5 Å². The molecule has 1 N–H and O–H groups in total. The molecule has 1 unspecified atom stereocenters. The van der Waals surface area contributed by atoms with E-state index in [-0.39, 0.29) is 0 Å². The van der Waals surface area contributed by atoms with E-state index in [1.54, 1.807) is 5.82 Å². The monoisotopic (exact) mass is 482 g/mol. The second-order valence-electron chi connectivity index (χ2n) is 10.00. The molecule has 0 aromatic rings. The molecule has 0 aliphatic heterocycles. The Morgan fingerprint density at radius 1 is 1.00 bits per heavy atom. The molecule has 0 aliphatic carbocycles. The molecule has 0 spiro atoms. The van der Waals surface area contributed by atoms with Gasteiger partial charge in [-0.3, -0.25) is 4.57 Å². The van der Waals surface area contributed by atoms with Crippen LogP contribution in [0.15, 0.2) is 23.3 Å². The minimum atomic E-state index is -3.32. The number of hydrogen-bond donors (Lipinski definition) is 1. The Labute approximate surface area is 179 Å². The van der Waals surface area contributed by atoms with Crippen molar-refractivity contribution in [2.75, 3.05) is 13.2 Å². The van der Waals surface area contributed by atoms with E-state index >= 15 is 0 Å². The van der Waals surface area contributed by atoms with Crippen LogP contribution in [-0.2, 0) is 13.6 Å². The molecule has 0 heterocycles. The highest BCUT2D eigenvalue weighted by Gasteiger charge is 2.43. The highest BCUT2D eigenvalue weighted by molar-refractivity contribution is 7.66. The highest BCUT2D eigenvalue weighted by atomic mass is 31.2. The van der Waals surface area contributed by atoms with E-state index in [0.717, 1.165) is 10.9 Å². The Balaban J connectivity index is 6.73. The number of nitrogens with zero attached hydrogens (tertiary/aromatic N) is 1. The second kappa shape index (κ2) is 10.8. The third kappa shape index (κ3) is 9.63. The van der Waals surface area contributed by atoms with Crippen molar-refractivity contribution >= 4 is 40.5 Å². The quantitative estimate of drug-likeness (QED) is 0.179. The molecule has 0 aliphatic rings. The molecule has 28 heavy (non-hydrogen) atoms. The molecule has 0 aromatic heterocycles. The van der Waals surface area contributed by atoms with Crippen LogP contribution in [0.1, 0.15) is 20.8 Å². The zero-order chi connectivity index (χ0) is 22.6. The van der Waals surface area contributed by atoms with E-state index in [2.05, 4.69) is 74.3 Å². The molecular weight excluding hydrogens is 438 g/mol. The lowest BCUT2D eigenvalue weighted by atomic mass is 10.3. The van der Waals surface area contributed by atoms with E-state index in [9.17, 15) is 4.57 Å². The summed E-state index contributed by atoms with van der Waals surface area (Å²) in [6.45, 7) is 32.0. The molecule has 0 fully saturated rings. The first-order chi connectivity index (χ1) is 12.4. The van der Waals surface area contributed by atoms with Crippen LogP contribution in [0.3, 0.4) is 0 Å². The number of rotatable bonds is 12. The fourth-order valence-electron chi connectivity index (χ4n) is 3.11. The highest BCUT2D eigenvalue weighted by Crippen LogP contribution is 2.60. The van der Waals surface area contributed by atoms with Gasteiger partial charge in [-0.05, 0) is 26.3 Å². The van der Waals surface area contributed by atoms with E-state index in [1.807, 2.05) is 20.8 Å². The molecule has 0 aromatic carbocycles. The molecule has 0 amide bonds. The van der Waals surface area contributed by atoms with Gasteiger partial charge in [0.25, 0.3) is 0 Å². The lowest BCUT2D eigenvalue weighted by Crippen LogP contribution is -2.59. The van der Waals surface area contributed by atoms with Crippen molar-refractivity contribution in [3.63, 3.8) is 0 Å². The first-order valence-corrected chi connectivity index (χ1v) is 23.3. The van der Waals surface area contributed by atoms with Crippen molar-refractivity contribution in [3.05, 3.63) is 23.3 Å². The van der Waals surface area contributed by atoms with Crippen LogP contribution in [0, 0.1) is 0 Å². The van der Waals surface area contributed by atoms with Crippen LogP contribution >= 0.6 is 15.8 Å². The largest absolute Gasteiger partial charge is 0.354 e. The molecular formula is C18H44N2O3P2Si3. The van der Waals surface area contributed by atoms with Gasteiger partial charge >= 0.3 is 7.60 Å². The van der Waals surface area contributed by atoms with E-state index in [4.69, 9.17) is 9.05 Å². The molecule has 0 rings (SSSR count). The van der Waals surface area contributed by atoms with Gasteiger partial charge in [0, 0.05) is 19.4 Å². The lowest BCUT2D eigenvalue weighted by Gasteiger charge is -2.50. The molecule has 1 atom stereocenters. The van der Waals surface area contributed by atoms with Crippen molar-refractivity contribution in [2.45, 2.75) is 79.7 Å². The SMILES string of the molecule is C=C(C)/C(=C\P(=O)(OCC)OCC)P(N[Si](C)(C)C)N([Si](C)(C)C)[Si](C)(C)C. The Kier molecular flexibility index (Phi) is 11.0. The average molecular weight is 483 g/mol. The number of nitrogens with one attached hydrogen (secondary N) is 1. The Bertz CT molecular complexity index is 585. The smallest absolute Gasteiger partial charge is 0.309 e. The first-order valence-electron chi connectivity index (χ1n) is 10.0. The first kappa shape index (κ1) is 28.6. The van der Waals surface area contributed by atoms with Gasteiger partial charge in [-0.25, -0.2) is 0 Å². The molecule has 0 radical (unpaired) electrons. The van der Waals surface area contributed by atoms with E-state index in [0.29, 0.717) is 13.2 Å². The van der Waals surface area contributed by atoms with Gasteiger partial charge in [-0.2, -0.15) is 0 Å². The zero-order valence-electron chi connectivity index (χ0n) is 20.3. The van der Waals surface area contributed by atoms with Crippen LogP contribution in [0.5, 0.6) is 0 Å². The van der Waals surface area contributed by atoms with E-state index < -0.39 is 40.5 Å². The van der Waals surface area contributed by atoms with Crippen molar-refractivity contribution in [1.29, 1.82) is 0 Å². The molecule has 0 bridgehead atoms. The summed E-state index contributed by atoms with van der Waals surface area (Å²) >= 11 is 0. The van der Waals surface area contributed by atoms with Crippen molar-refractivity contribution in [1.82, 2.24) is 8.75 Å². The summed E-state index contributed by atoms with van der Waals surface area (Å²) in [5.41, 5.74) is 0.929. The lowest BCUT2D eigenvalue weighted by molar-refractivity contribution is 0.229. The van der Waals surface area contributed by atoms with Gasteiger partial charge in [-0.15, -0.1) is 0 Å². The number of hydrogen-bond acceptors (Lipinski definition) is 5. The predicted octanol–water partition coefficient (Wildman–Crippen LogP) is 7.38. The molecule has 166 valence electrons. The zero-order valence-corrected chi connectivity index (χ0v) is 25.1. The third-order valence-corrected chi connectivity index (χ3v) is 21.8. The second-order valence-corrected chi connectivity index (χ2v) is 29.5. The summed E-state index contributed by atoms with van der Waals surface area (Å²) < 4.78 is 31.3. The van der Waals surface area contributed by atoms with Crippen LogP contribution < -0.4 is 4.75 Å². The molecule has 5 nitrogen and oxygen atoms in total. The fourth-order valence-corrected chi connectivity index (χ4v) is 23.8. The van der Waals surface area contributed by atoms with Crippen LogP contribution in [0.2, 0.25) is 58.9 Å². The van der Waals surface area contributed by atoms with Crippen LogP contribution in [0.4, 0.5) is 0 Å². The van der Waals surface area contributed by atoms with Crippen molar-refractivity contribution in [2.24, 2.45) is 0 Å². The van der Waals surface area contributed by atoms with E-state index in [1.165, 1.54) is 0 Å². The Morgan fingerprint density at radius 3 is 1.64 bits per heavy atom. The maximum Gasteiger partial charge on any atom is 0.354 e. The van der Waals surface area contributed by atoms with Gasteiger partial charge < -0.3 is 17.8 Å². The van der Waals surface area contributed by atoms with Gasteiger partial charge in [0.15, 0.2) is 0 Å². The third-order valence-electron chi connectivity index (χ3n) is 3.48. The van der Waals surface area contributed by atoms with Crippen LogP contribution in [0.25, 0.3) is 0 Å². The summed E-state index contributed by atoms with van der Waals surface area (Å²) in [6, 6.07) is 0. The summed E-state index contributed by atoms with van der Waals surface area (Å²) in [6.07, 6.45) is 0. The minimum absolute atomic E-state index is 0.350. The summed E-state index contributed by atoms with van der Waals surface area (Å²) in [7, 11) is -9.18. The van der Waals surface area contributed by atoms with Crippen molar-refractivity contribution < 1.29 is 13.6 Å². The van der Waals surface area contributed by atoms with Gasteiger partial charge in [0.1, 0.15) is 24.7 Å². The summed E-state index contributed by atoms with van der Waals surface area (Å²) in [5, 5.41) is 1.01. The predicted molar refractivity (Wildman–Crippen MR) is 136 cm³/mol. The minimum Gasteiger partial charge on any atom is -0.309 e. The summed E-state index contributed by atoms with van der Waals surface area (Å²) in [4.78, 5) is 0. The number of allylic oxidation sites excluding steroid dienone is 2. The maximum absolute atomic E-state index is 13.4. The van der Waals surface area contributed by atoms with Crippen LogP contribution in [-0.4, -0.2) is 41.9 Å². The maximum atomic E-state index is 13.4. The standard InChI is InChI=1S/C18H44N2O3P2Si3/c1-14-22-25(21,23-15-2)16-18(17(3)4)24(19-26(5,6)7)20(27(8,9)10)28(11,12)13/h16,19H,3,14-15H2,1-2,4-13H3/b18-16+. The average Bonchev–Trinajstić information content (AvgIpc) is 2.39. The molecule has 10 heteroatoms. The fraction of sp³-hybridized carbons (Fsp3) is 0.778. The molecule has 0 saturated carbocycles. The van der Waals surface area contributed by atoms with Crippen molar-refractivity contribution in [3.8, 4) is 0 Å². The topological polar surface area (TPSA) is 50.8 Å². The normalized spacial score (nSPS) is 15.8. The Hall–Kier alpha value is 0.631. The van der Waals surface area contributed by atoms with Gasteiger partial charge in [0.05, 0.1) is 13.2 Å². The van der Waals surface area contributed by atoms with Gasteiger partial charge in [0.2, 0.25) is 0 Å². The Morgan fingerprint density at radius 2 is 1.39 bits per heavy atom.